The summed E-state index contributed by atoms with van der Waals surface area (Å²) >= 11 is 3.54. The minimum atomic E-state index is 0. The molecule has 1 unspecified atom stereocenters. The summed E-state index contributed by atoms with van der Waals surface area (Å²) in [6, 6.07) is 4.32. The molecule has 2 aromatic heterocycles. The van der Waals surface area contributed by atoms with Gasteiger partial charge in [-0.3, -0.25) is 0 Å². The molecule has 24 heavy (non-hydrogen) atoms. The number of thiophene rings is 1. The smallest absolute Gasteiger partial charge is 0.191 e. The van der Waals surface area contributed by atoms with Gasteiger partial charge in [-0.15, -0.1) is 46.7 Å². The van der Waals surface area contributed by atoms with Gasteiger partial charge in [0.2, 0.25) is 0 Å². The van der Waals surface area contributed by atoms with E-state index in [9.17, 15) is 0 Å². The number of nitrogens with zero attached hydrogens (tertiary/aromatic N) is 2. The van der Waals surface area contributed by atoms with E-state index in [1.807, 2.05) is 11.3 Å². The van der Waals surface area contributed by atoms with E-state index in [4.69, 9.17) is 0 Å². The number of aliphatic imine (C=N–C) groups is 1. The van der Waals surface area contributed by atoms with Crippen LogP contribution in [0.1, 0.15) is 36.3 Å². The molecule has 2 rings (SSSR count). The van der Waals surface area contributed by atoms with E-state index in [0.717, 1.165) is 37.6 Å². The van der Waals surface area contributed by atoms with Crippen molar-refractivity contribution in [2.24, 2.45) is 10.9 Å². The Kier molecular flexibility index (Phi) is 10.5. The molecule has 0 bridgehead atoms. The third-order valence-electron chi connectivity index (χ3n) is 3.39. The van der Waals surface area contributed by atoms with E-state index in [2.05, 4.69) is 64.3 Å². The Hall–Kier alpha value is -0.670. The first-order valence-corrected chi connectivity index (χ1v) is 9.95. The highest BCUT2D eigenvalue weighted by Gasteiger charge is 2.06. The maximum absolute atomic E-state index is 4.64. The first-order chi connectivity index (χ1) is 11.2. The number of aryl methyl sites for hydroxylation is 1. The Morgan fingerprint density at radius 2 is 2.12 bits per heavy atom. The van der Waals surface area contributed by atoms with Gasteiger partial charge in [0.15, 0.2) is 5.96 Å². The molecule has 0 aromatic carbocycles. The highest BCUT2D eigenvalue weighted by molar-refractivity contribution is 14.0. The average molecular weight is 478 g/mol. The molecule has 0 amide bonds. The van der Waals surface area contributed by atoms with Crippen molar-refractivity contribution in [2.45, 2.75) is 40.2 Å². The molecular weight excluding hydrogens is 451 g/mol. The van der Waals surface area contributed by atoms with Gasteiger partial charge in [-0.1, -0.05) is 19.9 Å². The van der Waals surface area contributed by atoms with Crippen LogP contribution in [0.2, 0.25) is 0 Å². The molecule has 1 atom stereocenters. The van der Waals surface area contributed by atoms with Crippen LogP contribution in [0, 0.1) is 5.92 Å². The number of hydrogen-bond acceptors (Lipinski definition) is 4. The second-order valence-corrected chi connectivity index (χ2v) is 7.53. The van der Waals surface area contributed by atoms with Crippen LogP contribution >= 0.6 is 46.7 Å². The van der Waals surface area contributed by atoms with Crippen LogP contribution in [0.3, 0.4) is 0 Å². The van der Waals surface area contributed by atoms with Crippen molar-refractivity contribution >= 4 is 52.6 Å². The minimum absolute atomic E-state index is 0. The molecule has 134 valence electrons. The maximum Gasteiger partial charge on any atom is 0.191 e. The van der Waals surface area contributed by atoms with E-state index in [1.165, 1.54) is 9.88 Å². The van der Waals surface area contributed by atoms with Crippen molar-refractivity contribution in [3.8, 4) is 0 Å². The number of halogens is 1. The molecule has 4 nitrogen and oxygen atoms in total. The normalized spacial score (nSPS) is 12.5. The molecule has 0 aliphatic heterocycles. The number of hydrogen-bond donors (Lipinski definition) is 2. The van der Waals surface area contributed by atoms with Crippen molar-refractivity contribution < 1.29 is 0 Å². The number of aromatic nitrogens is 1. The van der Waals surface area contributed by atoms with Crippen LogP contribution < -0.4 is 10.6 Å². The molecule has 0 radical (unpaired) electrons. The largest absolute Gasteiger partial charge is 0.357 e. The fourth-order valence-electron chi connectivity index (χ4n) is 2.20. The van der Waals surface area contributed by atoms with Crippen LogP contribution in [0.4, 0.5) is 0 Å². The average Bonchev–Trinajstić information content (AvgIpc) is 3.21. The number of nitrogens with one attached hydrogen (secondary N) is 2. The van der Waals surface area contributed by atoms with Crippen LogP contribution in [-0.4, -0.2) is 24.0 Å². The van der Waals surface area contributed by atoms with Gasteiger partial charge in [-0.2, -0.15) is 0 Å². The number of guanidine groups is 1. The molecular formula is C17H27IN4S2. The molecule has 0 aliphatic carbocycles. The summed E-state index contributed by atoms with van der Waals surface area (Å²) in [5.74, 6) is 1.44. The van der Waals surface area contributed by atoms with Crippen molar-refractivity contribution in [1.82, 2.24) is 15.6 Å². The lowest BCUT2D eigenvalue weighted by Gasteiger charge is -2.15. The van der Waals surface area contributed by atoms with E-state index in [1.54, 1.807) is 11.3 Å². The van der Waals surface area contributed by atoms with E-state index < -0.39 is 0 Å². The number of thiazole rings is 1. The Labute approximate surface area is 170 Å². The molecule has 2 N–H and O–H groups in total. The van der Waals surface area contributed by atoms with Gasteiger partial charge in [0.05, 0.1) is 17.2 Å². The van der Waals surface area contributed by atoms with Crippen molar-refractivity contribution in [2.75, 3.05) is 13.1 Å². The van der Waals surface area contributed by atoms with Crippen molar-refractivity contribution in [3.05, 3.63) is 38.5 Å². The Balaban J connectivity index is 0.00000288. The Bertz CT molecular complexity index is 596. The zero-order chi connectivity index (χ0) is 16.5. The molecule has 0 fully saturated rings. The highest BCUT2D eigenvalue weighted by Crippen LogP contribution is 2.14. The standard InChI is InChI=1S/C17H26N4S2.HI/c1-4-16-21-14(12-23-16)11-20-17(18-5-2)19-10-13(3)9-15-7-6-8-22-15;/h6-8,12-13H,4-5,9-11H2,1-3H3,(H2,18,19,20);1H. The third-order valence-corrected chi connectivity index (χ3v) is 5.33. The zero-order valence-corrected chi connectivity index (χ0v) is 18.5. The zero-order valence-electron chi connectivity index (χ0n) is 14.5. The Morgan fingerprint density at radius 3 is 2.75 bits per heavy atom. The van der Waals surface area contributed by atoms with E-state index >= 15 is 0 Å². The summed E-state index contributed by atoms with van der Waals surface area (Å²) in [6.07, 6.45) is 2.10. The molecule has 2 aromatic rings. The first-order valence-electron chi connectivity index (χ1n) is 8.19. The Morgan fingerprint density at radius 1 is 1.29 bits per heavy atom. The van der Waals surface area contributed by atoms with E-state index in [0.29, 0.717) is 12.5 Å². The van der Waals surface area contributed by atoms with Gasteiger partial charge >= 0.3 is 0 Å². The topological polar surface area (TPSA) is 49.3 Å². The summed E-state index contributed by atoms with van der Waals surface area (Å²) in [4.78, 5) is 10.6. The molecule has 0 saturated heterocycles. The number of rotatable bonds is 8. The van der Waals surface area contributed by atoms with Crippen LogP contribution in [-0.2, 0) is 19.4 Å². The van der Waals surface area contributed by atoms with Crippen molar-refractivity contribution in [3.63, 3.8) is 0 Å². The summed E-state index contributed by atoms with van der Waals surface area (Å²) in [6.45, 7) is 8.90. The van der Waals surface area contributed by atoms with Crippen molar-refractivity contribution in [1.29, 1.82) is 0 Å². The maximum atomic E-state index is 4.64. The van der Waals surface area contributed by atoms with Gasteiger partial charge in [-0.25, -0.2) is 9.98 Å². The summed E-state index contributed by atoms with van der Waals surface area (Å²) in [5, 5.41) is 12.2. The van der Waals surface area contributed by atoms with Crippen LogP contribution in [0.25, 0.3) is 0 Å². The molecule has 2 heterocycles. The van der Waals surface area contributed by atoms with Gasteiger partial charge < -0.3 is 10.6 Å². The van der Waals surface area contributed by atoms with Gasteiger partial charge in [0.25, 0.3) is 0 Å². The lowest BCUT2D eigenvalue weighted by molar-refractivity contribution is 0.562. The molecule has 0 saturated carbocycles. The summed E-state index contributed by atoms with van der Waals surface area (Å²) in [7, 11) is 0. The lowest BCUT2D eigenvalue weighted by atomic mass is 10.1. The lowest BCUT2D eigenvalue weighted by Crippen LogP contribution is -2.39. The van der Waals surface area contributed by atoms with Gasteiger partial charge in [0, 0.05) is 23.3 Å². The fourth-order valence-corrected chi connectivity index (χ4v) is 3.81. The highest BCUT2D eigenvalue weighted by atomic mass is 127. The summed E-state index contributed by atoms with van der Waals surface area (Å²) in [5.41, 5.74) is 1.05. The fraction of sp³-hybridized carbons (Fsp3) is 0.529. The molecule has 7 heteroatoms. The van der Waals surface area contributed by atoms with Gasteiger partial charge in [-0.05, 0) is 37.1 Å². The van der Waals surface area contributed by atoms with Crippen LogP contribution in [0.5, 0.6) is 0 Å². The predicted molar refractivity (Wildman–Crippen MR) is 117 cm³/mol. The monoisotopic (exact) mass is 478 g/mol. The third kappa shape index (κ3) is 7.48. The minimum Gasteiger partial charge on any atom is -0.357 e. The molecule has 0 aliphatic rings. The second-order valence-electron chi connectivity index (χ2n) is 5.55. The first kappa shape index (κ1) is 21.4. The SMILES string of the molecule is CCNC(=NCc1csc(CC)n1)NCC(C)Cc1cccs1.I. The second kappa shape index (κ2) is 11.8. The van der Waals surface area contributed by atoms with Gasteiger partial charge in [0.1, 0.15) is 0 Å². The predicted octanol–water partition coefficient (Wildman–Crippen LogP) is 4.32. The molecule has 0 spiro atoms. The van der Waals surface area contributed by atoms with E-state index in [-0.39, 0.29) is 24.0 Å². The summed E-state index contributed by atoms with van der Waals surface area (Å²) < 4.78 is 0. The quantitative estimate of drug-likeness (QED) is 0.338. The van der Waals surface area contributed by atoms with Crippen LogP contribution in [0.15, 0.2) is 27.9 Å².